The van der Waals surface area contributed by atoms with Crippen molar-refractivity contribution in [2.75, 3.05) is 14.2 Å². The van der Waals surface area contributed by atoms with Gasteiger partial charge in [-0.05, 0) is 43.9 Å². The van der Waals surface area contributed by atoms with E-state index in [9.17, 15) is 4.79 Å². The number of rotatable bonds is 4. The smallest absolute Gasteiger partial charge is 0.244 e. The minimum absolute atomic E-state index is 0.170. The fraction of sp³-hybridized carbons (Fsp3) is 0.500. The van der Waals surface area contributed by atoms with E-state index >= 15 is 0 Å². The molecule has 2 rings (SSSR count). The lowest BCUT2D eigenvalue weighted by Gasteiger charge is -2.21. The van der Waals surface area contributed by atoms with Crippen LogP contribution in [0.3, 0.4) is 0 Å². The van der Waals surface area contributed by atoms with Crippen LogP contribution in [-0.2, 0) is 10.2 Å². The molecule has 0 aromatic heterocycles. The fourth-order valence-electron chi connectivity index (χ4n) is 2.57. The number of nitrogens with one attached hydrogen (secondary N) is 1. The van der Waals surface area contributed by atoms with Crippen LogP contribution in [0.2, 0.25) is 0 Å². The van der Waals surface area contributed by atoms with Gasteiger partial charge in [0.05, 0.1) is 19.6 Å². The normalized spacial score (nSPS) is 15.8. The molecule has 0 aliphatic heterocycles. The van der Waals surface area contributed by atoms with Gasteiger partial charge in [0.25, 0.3) is 0 Å². The summed E-state index contributed by atoms with van der Waals surface area (Å²) in [5, 5.41) is 0. The zero-order valence-corrected chi connectivity index (χ0v) is 11.8. The van der Waals surface area contributed by atoms with Gasteiger partial charge in [0, 0.05) is 5.56 Å². The van der Waals surface area contributed by atoms with Crippen molar-refractivity contribution in [3.63, 3.8) is 0 Å². The van der Waals surface area contributed by atoms with Gasteiger partial charge < -0.3 is 9.47 Å². The molecule has 0 saturated heterocycles. The maximum Gasteiger partial charge on any atom is 0.244 e. The maximum atomic E-state index is 12.0. The van der Waals surface area contributed by atoms with Crippen LogP contribution in [0.15, 0.2) is 6.07 Å². The molecular formula is C14H20N2O3. The number of amides is 1. The Morgan fingerprint density at radius 2 is 1.89 bits per heavy atom. The van der Waals surface area contributed by atoms with Crippen LogP contribution in [0.25, 0.3) is 0 Å². The van der Waals surface area contributed by atoms with Crippen LogP contribution in [0.1, 0.15) is 29.5 Å². The Balaban J connectivity index is 2.63. The molecule has 0 unspecified atom stereocenters. The lowest BCUT2D eigenvalue weighted by molar-refractivity contribution is -0.123. The predicted molar refractivity (Wildman–Crippen MR) is 72.3 cm³/mol. The van der Waals surface area contributed by atoms with E-state index in [4.69, 9.17) is 15.3 Å². The highest BCUT2D eigenvalue weighted by Crippen LogP contribution is 2.53. The van der Waals surface area contributed by atoms with Gasteiger partial charge in [-0.3, -0.25) is 10.2 Å². The van der Waals surface area contributed by atoms with Gasteiger partial charge >= 0.3 is 0 Å². The second kappa shape index (κ2) is 4.74. The Hall–Kier alpha value is -1.75. The number of hydrazine groups is 1. The van der Waals surface area contributed by atoms with Crippen LogP contribution < -0.4 is 20.7 Å². The molecule has 1 amide bonds. The first-order valence-electron chi connectivity index (χ1n) is 6.25. The molecule has 0 spiro atoms. The average Bonchev–Trinajstić information content (AvgIpc) is 3.22. The highest BCUT2D eigenvalue weighted by Gasteiger charge is 2.53. The molecule has 0 heterocycles. The second-order valence-corrected chi connectivity index (χ2v) is 4.97. The summed E-state index contributed by atoms with van der Waals surface area (Å²) < 4.78 is 10.9. The highest BCUT2D eigenvalue weighted by atomic mass is 16.5. The van der Waals surface area contributed by atoms with Crippen molar-refractivity contribution >= 4 is 5.91 Å². The standard InChI is InChI=1S/C14H20N2O3/c1-8-9(2)12(19-4)10(7-11(8)18-3)14(5-6-14)13(17)16-15/h7H,5-6,15H2,1-4H3,(H,16,17). The first-order valence-corrected chi connectivity index (χ1v) is 6.25. The van der Waals surface area contributed by atoms with Gasteiger partial charge in [-0.15, -0.1) is 0 Å². The molecule has 1 saturated carbocycles. The molecule has 19 heavy (non-hydrogen) atoms. The van der Waals surface area contributed by atoms with Gasteiger partial charge in [-0.1, -0.05) is 0 Å². The molecule has 0 atom stereocenters. The van der Waals surface area contributed by atoms with Crippen LogP contribution in [0.5, 0.6) is 11.5 Å². The number of hydrogen-bond donors (Lipinski definition) is 2. The molecule has 5 nitrogen and oxygen atoms in total. The number of benzene rings is 1. The van der Waals surface area contributed by atoms with E-state index in [2.05, 4.69) is 5.43 Å². The number of methoxy groups -OCH3 is 2. The molecule has 5 heteroatoms. The molecule has 1 fully saturated rings. The number of carbonyl (C=O) groups excluding carboxylic acids is 1. The largest absolute Gasteiger partial charge is 0.496 e. The van der Waals surface area contributed by atoms with E-state index in [0.29, 0.717) is 0 Å². The average molecular weight is 264 g/mol. The van der Waals surface area contributed by atoms with E-state index in [0.717, 1.165) is 41.0 Å². The lowest BCUT2D eigenvalue weighted by atomic mass is 9.90. The molecule has 1 aromatic carbocycles. The highest BCUT2D eigenvalue weighted by molar-refractivity contribution is 5.92. The van der Waals surface area contributed by atoms with Crippen molar-refractivity contribution in [1.29, 1.82) is 0 Å². The third kappa shape index (κ3) is 1.94. The van der Waals surface area contributed by atoms with Crippen molar-refractivity contribution in [3.05, 3.63) is 22.8 Å². The minimum atomic E-state index is -0.564. The molecule has 0 bridgehead atoms. The Labute approximate surface area is 113 Å². The summed E-state index contributed by atoms with van der Waals surface area (Å²) in [6.45, 7) is 3.94. The van der Waals surface area contributed by atoms with E-state index in [1.54, 1.807) is 14.2 Å². The Bertz CT molecular complexity index is 522. The molecule has 104 valence electrons. The summed E-state index contributed by atoms with van der Waals surface area (Å²) in [6.07, 6.45) is 1.55. The Morgan fingerprint density at radius 1 is 1.26 bits per heavy atom. The second-order valence-electron chi connectivity index (χ2n) is 4.97. The number of nitrogens with two attached hydrogens (primary N) is 1. The zero-order chi connectivity index (χ0) is 14.2. The van der Waals surface area contributed by atoms with E-state index < -0.39 is 5.41 Å². The monoisotopic (exact) mass is 264 g/mol. The summed E-state index contributed by atoms with van der Waals surface area (Å²) in [5.41, 5.74) is 4.56. The summed E-state index contributed by atoms with van der Waals surface area (Å²) >= 11 is 0. The maximum absolute atomic E-state index is 12.0. The summed E-state index contributed by atoms with van der Waals surface area (Å²) in [4.78, 5) is 12.0. The molecular weight excluding hydrogens is 244 g/mol. The third-order valence-corrected chi connectivity index (χ3v) is 4.05. The SMILES string of the molecule is COc1cc(C2(C(=O)NN)CC2)c(OC)c(C)c1C. The third-order valence-electron chi connectivity index (χ3n) is 4.05. The summed E-state index contributed by atoms with van der Waals surface area (Å²) in [7, 11) is 3.24. The quantitative estimate of drug-likeness (QED) is 0.489. The predicted octanol–water partition coefficient (Wildman–Crippen LogP) is 1.34. The zero-order valence-electron chi connectivity index (χ0n) is 11.8. The van der Waals surface area contributed by atoms with Crippen LogP contribution in [0, 0.1) is 13.8 Å². The molecule has 0 radical (unpaired) electrons. The van der Waals surface area contributed by atoms with Crippen LogP contribution in [-0.4, -0.2) is 20.1 Å². The number of hydrogen-bond acceptors (Lipinski definition) is 4. The summed E-state index contributed by atoms with van der Waals surface area (Å²) in [6, 6.07) is 1.89. The molecule has 1 aliphatic rings. The topological polar surface area (TPSA) is 73.6 Å². The summed E-state index contributed by atoms with van der Waals surface area (Å²) in [5.74, 6) is 6.64. The number of carbonyl (C=O) groups is 1. The van der Waals surface area contributed by atoms with Gasteiger partial charge in [0.1, 0.15) is 11.5 Å². The first kappa shape index (κ1) is 13.7. The fourth-order valence-corrected chi connectivity index (χ4v) is 2.57. The molecule has 3 N–H and O–H groups in total. The number of ether oxygens (including phenoxy) is 2. The van der Waals surface area contributed by atoms with Gasteiger partial charge in [0.2, 0.25) is 5.91 Å². The molecule has 1 aromatic rings. The van der Waals surface area contributed by atoms with Crippen molar-refractivity contribution in [2.45, 2.75) is 32.1 Å². The Kier molecular flexibility index (Phi) is 3.41. The lowest BCUT2D eigenvalue weighted by Crippen LogP contribution is -2.39. The van der Waals surface area contributed by atoms with Crippen molar-refractivity contribution in [1.82, 2.24) is 5.43 Å². The first-order chi connectivity index (χ1) is 9.01. The van der Waals surface area contributed by atoms with E-state index in [1.165, 1.54) is 0 Å². The Morgan fingerprint density at radius 3 is 2.32 bits per heavy atom. The van der Waals surface area contributed by atoms with E-state index in [1.807, 2.05) is 19.9 Å². The minimum Gasteiger partial charge on any atom is -0.496 e. The van der Waals surface area contributed by atoms with Gasteiger partial charge in [-0.25, -0.2) is 5.84 Å². The van der Waals surface area contributed by atoms with Gasteiger partial charge in [-0.2, -0.15) is 0 Å². The van der Waals surface area contributed by atoms with Gasteiger partial charge in [0.15, 0.2) is 0 Å². The van der Waals surface area contributed by atoms with Crippen LogP contribution in [0.4, 0.5) is 0 Å². The van der Waals surface area contributed by atoms with E-state index in [-0.39, 0.29) is 5.91 Å². The van der Waals surface area contributed by atoms with Crippen molar-refractivity contribution in [2.24, 2.45) is 5.84 Å². The van der Waals surface area contributed by atoms with Crippen molar-refractivity contribution in [3.8, 4) is 11.5 Å². The van der Waals surface area contributed by atoms with Crippen molar-refractivity contribution < 1.29 is 14.3 Å². The molecule has 1 aliphatic carbocycles. The van der Waals surface area contributed by atoms with Crippen LogP contribution >= 0.6 is 0 Å².